The van der Waals surface area contributed by atoms with E-state index in [4.69, 9.17) is 8.92 Å². The van der Waals surface area contributed by atoms with E-state index in [0.29, 0.717) is 44.8 Å². The first-order valence-electron chi connectivity index (χ1n) is 10.4. The van der Waals surface area contributed by atoms with Crippen molar-refractivity contribution in [3.8, 4) is 0 Å². The zero-order valence-corrected chi connectivity index (χ0v) is 20.1. The van der Waals surface area contributed by atoms with Gasteiger partial charge in [0.1, 0.15) is 0 Å². The summed E-state index contributed by atoms with van der Waals surface area (Å²) in [5, 5.41) is 11.3. The number of morpholine rings is 1. The van der Waals surface area contributed by atoms with E-state index < -0.39 is 24.9 Å². The quantitative estimate of drug-likeness (QED) is 0.224. The number of nitro groups is 1. The van der Waals surface area contributed by atoms with Gasteiger partial charge in [0, 0.05) is 38.3 Å². The summed E-state index contributed by atoms with van der Waals surface area (Å²) < 4.78 is 59.0. The zero-order valence-electron chi connectivity index (χ0n) is 18.4. The fraction of sp³-hybridized carbons (Fsp3) is 0.684. The molecule has 1 saturated heterocycles. The monoisotopic (exact) mass is 493 g/mol. The van der Waals surface area contributed by atoms with Gasteiger partial charge in [0.15, 0.2) is 9.84 Å². The molecular formula is C19H31N3O8S2. The summed E-state index contributed by atoms with van der Waals surface area (Å²) >= 11 is 0. The van der Waals surface area contributed by atoms with E-state index in [-0.39, 0.29) is 29.5 Å². The summed E-state index contributed by atoms with van der Waals surface area (Å²) in [6.07, 6.45) is 1.98. The fourth-order valence-electron chi connectivity index (χ4n) is 3.46. The van der Waals surface area contributed by atoms with Gasteiger partial charge in [-0.15, -0.1) is 0 Å². The number of benzene rings is 1. The van der Waals surface area contributed by atoms with Crippen molar-refractivity contribution in [3.05, 3.63) is 28.3 Å². The third kappa shape index (κ3) is 8.28. The van der Waals surface area contributed by atoms with Gasteiger partial charge >= 0.3 is 0 Å². The van der Waals surface area contributed by atoms with Crippen LogP contribution in [0, 0.1) is 10.1 Å². The third-order valence-corrected chi connectivity index (χ3v) is 7.39. The van der Waals surface area contributed by atoms with Gasteiger partial charge in [0.25, 0.3) is 15.8 Å². The summed E-state index contributed by atoms with van der Waals surface area (Å²) in [6, 6.07) is 3.74. The van der Waals surface area contributed by atoms with Crippen LogP contribution in [-0.2, 0) is 28.9 Å². The molecule has 182 valence electrons. The smallest absolute Gasteiger partial charge is 0.270 e. The molecule has 0 aromatic heterocycles. The Morgan fingerprint density at radius 3 is 2.47 bits per heavy atom. The number of nitro benzene ring substituents is 1. The average molecular weight is 494 g/mol. The molecule has 0 radical (unpaired) electrons. The van der Waals surface area contributed by atoms with Crippen LogP contribution in [0.1, 0.15) is 19.8 Å². The largest absolute Gasteiger partial charge is 0.379 e. The Bertz CT molecular complexity index is 976. The maximum absolute atomic E-state index is 13.2. The van der Waals surface area contributed by atoms with E-state index >= 15 is 0 Å². The minimum atomic E-state index is -3.83. The Kier molecular flexibility index (Phi) is 9.83. The molecule has 13 heteroatoms. The molecule has 32 heavy (non-hydrogen) atoms. The van der Waals surface area contributed by atoms with Crippen LogP contribution in [0.15, 0.2) is 23.1 Å². The number of hydrogen-bond acceptors (Lipinski definition) is 10. The van der Waals surface area contributed by atoms with Gasteiger partial charge in [0.2, 0.25) is 0 Å². The van der Waals surface area contributed by atoms with Gasteiger partial charge in [-0.3, -0.25) is 19.2 Å². The molecular weight excluding hydrogens is 462 g/mol. The molecule has 1 aromatic rings. The Balaban J connectivity index is 2.26. The molecule has 0 bridgehead atoms. The zero-order chi connectivity index (χ0) is 23.8. The van der Waals surface area contributed by atoms with Crippen LogP contribution in [0.25, 0.3) is 0 Å². The highest BCUT2D eigenvalue weighted by atomic mass is 32.2. The molecule has 0 N–H and O–H groups in total. The van der Waals surface area contributed by atoms with E-state index in [1.807, 2.05) is 6.92 Å². The number of ether oxygens (including phenoxy) is 1. The Morgan fingerprint density at radius 2 is 1.88 bits per heavy atom. The van der Waals surface area contributed by atoms with Crippen molar-refractivity contribution in [1.29, 1.82) is 0 Å². The molecule has 0 saturated carbocycles. The van der Waals surface area contributed by atoms with Gasteiger partial charge < -0.3 is 9.64 Å². The molecule has 0 amide bonds. The molecule has 1 fully saturated rings. The van der Waals surface area contributed by atoms with Gasteiger partial charge in [0.05, 0.1) is 47.3 Å². The van der Waals surface area contributed by atoms with E-state index in [9.17, 15) is 26.9 Å². The first kappa shape index (κ1) is 26.5. The Morgan fingerprint density at radius 1 is 1.19 bits per heavy atom. The lowest BCUT2D eigenvalue weighted by molar-refractivity contribution is -0.385. The van der Waals surface area contributed by atoms with Gasteiger partial charge in [-0.25, -0.2) is 8.42 Å². The Labute approximate surface area is 189 Å². The number of hydrogen-bond donors (Lipinski definition) is 0. The van der Waals surface area contributed by atoms with E-state index in [1.165, 1.54) is 12.1 Å². The molecule has 1 aliphatic heterocycles. The van der Waals surface area contributed by atoms with Crippen molar-refractivity contribution in [3.63, 3.8) is 0 Å². The first-order valence-corrected chi connectivity index (χ1v) is 13.9. The van der Waals surface area contributed by atoms with Crippen LogP contribution in [0.4, 0.5) is 11.4 Å². The molecule has 0 unspecified atom stereocenters. The number of nitrogens with zero attached hydrogens (tertiary/aromatic N) is 3. The predicted molar refractivity (Wildman–Crippen MR) is 120 cm³/mol. The van der Waals surface area contributed by atoms with Crippen LogP contribution in [0.5, 0.6) is 0 Å². The van der Waals surface area contributed by atoms with Crippen molar-refractivity contribution in [2.24, 2.45) is 0 Å². The molecule has 0 aliphatic carbocycles. The van der Waals surface area contributed by atoms with Crippen molar-refractivity contribution < 1.29 is 30.7 Å². The van der Waals surface area contributed by atoms with E-state index in [2.05, 4.69) is 4.90 Å². The summed E-state index contributed by atoms with van der Waals surface area (Å²) in [7, 11) is -7.47. The highest BCUT2D eigenvalue weighted by Crippen LogP contribution is 2.31. The highest BCUT2D eigenvalue weighted by Gasteiger charge is 2.25. The predicted octanol–water partition coefficient (Wildman–Crippen LogP) is 1.28. The number of non-ortho nitro benzene ring substituents is 1. The molecule has 2 rings (SSSR count). The number of anilines is 1. The van der Waals surface area contributed by atoms with Crippen molar-refractivity contribution >= 4 is 31.3 Å². The summed E-state index contributed by atoms with van der Waals surface area (Å²) in [4.78, 5) is 14.3. The van der Waals surface area contributed by atoms with Crippen LogP contribution < -0.4 is 4.90 Å². The normalized spacial score (nSPS) is 15.6. The fourth-order valence-corrected chi connectivity index (χ4v) is 5.38. The lowest BCUT2D eigenvalue weighted by Crippen LogP contribution is -2.37. The molecule has 0 spiro atoms. The molecule has 0 atom stereocenters. The van der Waals surface area contributed by atoms with E-state index in [1.54, 1.807) is 4.90 Å². The minimum absolute atomic E-state index is 0.120. The third-order valence-electron chi connectivity index (χ3n) is 4.97. The van der Waals surface area contributed by atoms with Crippen molar-refractivity contribution in [2.75, 3.05) is 69.5 Å². The second kappa shape index (κ2) is 11.9. The van der Waals surface area contributed by atoms with Crippen molar-refractivity contribution in [2.45, 2.75) is 24.7 Å². The van der Waals surface area contributed by atoms with Crippen LogP contribution in [0.2, 0.25) is 0 Å². The lowest BCUT2D eigenvalue weighted by Gasteiger charge is -2.27. The lowest BCUT2D eigenvalue weighted by atomic mass is 10.2. The van der Waals surface area contributed by atoms with Crippen molar-refractivity contribution in [1.82, 2.24) is 4.90 Å². The van der Waals surface area contributed by atoms with E-state index in [0.717, 1.165) is 25.4 Å². The van der Waals surface area contributed by atoms with Gasteiger partial charge in [-0.2, -0.15) is 8.42 Å². The number of rotatable bonds is 13. The average Bonchev–Trinajstić information content (AvgIpc) is 2.72. The standard InChI is InChI=1S/C19H31N3O8S2/c1-3-7-21(11-14-30-31(2,25)26)18-6-5-17(22(23)24)16-19(18)32(27,28)15-4-8-20-9-12-29-13-10-20/h5-6,16H,3-4,7-15H2,1-2H3. The first-order chi connectivity index (χ1) is 15.0. The summed E-state index contributed by atoms with van der Waals surface area (Å²) in [6.45, 7) is 5.59. The van der Waals surface area contributed by atoms with Gasteiger partial charge in [-0.1, -0.05) is 6.92 Å². The van der Waals surface area contributed by atoms with Crippen LogP contribution in [-0.4, -0.2) is 91.2 Å². The maximum atomic E-state index is 13.2. The van der Waals surface area contributed by atoms with Crippen LogP contribution >= 0.6 is 0 Å². The van der Waals surface area contributed by atoms with Crippen LogP contribution in [0.3, 0.4) is 0 Å². The number of sulfone groups is 1. The van der Waals surface area contributed by atoms with Gasteiger partial charge in [-0.05, 0) is 25.5 Å². The minimum Gasteiger partial charge on any atom is -0.379 e. The SMILES string of the molecule is CCCN(CCOS(C)(=O)=O)c1ccc([N+](=O)[O-])cc1S(=O)(=O)CCCN1CCOCC1. The summed E-state index contributed by atoms with van der Waals surface area (Å²) in [5.41, 5.74) is -0.00902. The molecule has 1 heterocycles. The molecule has 1 aliphatic rings. The highest BCUT2D eigenvalue weighted by molar-refractivity contribution is 7.91. The summed E-state index contributed by atoms with van der Waals surface area (Å²) in [5.74, 6) is -0.154. The molecule has 1 aromatic carbocycles. The maximum Gasteiger partial charge on any atom is 0.270 e. The topological polar surface area (TPSA) is 136 Å². The second-order valence-corrected chi connectivity index (χ2v) is 11.3. The molecule has 11 nitrogen and oxygen atoms in total. The second-order valence-electron chi connectivity index (χ2n) is 7.55. The Hall–Kier alpha value is -1.80.